The average molecular weight is 459 g/mol. The van der Waals surface area contributed by atoms with E-state index in [9.17, 15) is 9.36 Å². The average Bonchev–Trinajstić information content (AvgIpc) is 3.00. The van der Waals surface area contributed by atoms with E-state index in [1.807, 2.05) is 6.92 Å². The van der Waals surface area contributed by atoms with Crippen molar-refractivity contribution in [2.75, 3.05) is 20.3 Å². The van der Waals surface area contributed by atoms with E-state index in [4.69, 9.17) is 24.0 Å². The van der Waals surface area contributed by atoms with E-state index in [0.717, 1.165) is 17.2 Å². The molecule has 1 aromatic carbocycles. The normalized spacial score (nSPS) is 14.5. The third-order valence-electron chi connectivity index (χ3n) is 4.84. The number of ether oxygens (including phenoxy) is 3. The van der Waals surface area contributed by atoms with E-state index in [2.05, 4.69) is 24.2 Å². The molecule has 0 atom stereocenters. The Balaban J connectivity index is 2.43. The molecule has 2 rings (SSSR count). The first-order valence-electron chi connectivity index (χ1n) is 9.72. The molecule has 0 radical (unpaired) electrons. The molecule has 0 unspecified atom stereocenters. The number of hydrogen-bond donors (Lipinski definition) is 2. The lowest BCUT2D eigenvalue weighted by Gasteiger charge is -2.21. The molecule has 0 amide bonds. The summed E-state index contributed by atoms with van der Waals surface area (Å²) in [5.41, 5.74) is 3.38. The number of methoxy groups -OCH3 is 1. The predicted octanol–water partition coefficient (Wildman–Crippen LogP) is 3.99. The van der Waals surface area contributed by atoms with Crippen molar-refractivity contribution in [3.05, 3.63) is 33.9 Å². The van der Waals surface area contributed by atoms with E-state index in [1.165, 1.54) is 0 Å². The van der Waals surface area contributed by atoms with Gasteiger partial charge in [-0.25, -0.2) is 9.36 Å². The summed E-state index contributed by atoms with van der Waals surface area (Å²) < 4.78 is 32.5. The van der Waals surface area contributed by atoms with Gasteiger partial charge in [0.1, 0.15) is 23.7 Å². The van der Waals surface area contributed by atoms with Gasteiger partial charge in [-0.3, -0.25) is 4.52 Å². The molecule has 168 valence electrons. The minimum atomic E-state index is -4.55. The van der Waals surface area contributed by atoms with Crippen molar-refractivity contribution in [3.63, 3.8) is 0 Å². The van der Waals surface area contributed by atoms with Crippen molar-refractivity contribution in [2.24, 2.45) is 0 Å². The van der Waals surface area contributed by atoms with E-state index >= 15 is 0 Å². The molecule has 1 aliphatic rings. The lowest BCUT2D eigenvalue weighted by Crippen LogP contribution is -2.23. The quantitative estimate of drug-likeness (QED) is 0.234. The summed E-state index contributed by atoms with van der Waals surface area (Å²) in [6, 6.07) is 0.928. The molecule has 0 aliphatic carbocycles. The summed E-state index contributed by atoms with van der Waals surface area (Å²) >= 11 is 0. The second-order valence-electron chi connectivity index (χ2n) is 8.57. The monoisotopic (exact) mass is 458 g/mol. The van der Waals surface area contributed by atoms with Gasteiger partial charge >= 0.3 is 13.8 Å². The second-order valence-corrected chi connectivity index (χ2v) is 15.4. The van der Waals surface area contributed by atoms with Gasteiger partial charge in [-0.2, -0.15) is 0 Å². The Morgan fingerprint density at radius 3 is 2.50 bits per heavy atom. The van der Waals surface area contributed by atoms with Crippen molar-refractivity contribution < 1.29 is 37.9 Å². The van der Waals surface area contributed by atoms with Gasteiger partial charge < -0.3 is 24.0 Å². The molecule has 0 bridgehead atoms. The summed E-state index contributed by atoms with van der Waals surface area (Å²) in [6.45, 7) is 10.8. The van der Waals surface area contributed by atoms with Crippen molar-refractivity contribution in [1.82, 2.24) is 0 Å². The number of phosphoric ester groups is 1. The zero-order valence-corrected chi connectivity index (χ0v) is 20.3. The SMILES string of the molecule is COc1c(C)c2c(c(OCC[Si](C)(C)C)c1CC=C(C)COP(=O)(O)O)C(=O)OC2. The summed E-state index contributed by atoms with van der Waals surface area (Å²) in [6.07, 6.45) is 2.13. The molecule has 0 saturated carbocycles. The summed E-state index contributed by atoms with van der Waals surface area (Å²) in [5, 5.41) is 0. The number of hydrogen-bond acceptors (Lipinski definition) is 6. The van der Waals surface area contributed by atoms with Crippen LogP contribution in [0.4, 0.5) is 0 Å². The maximum Gasteiger partial charge on any atom is 0.469 e. The highest BCUT2D eigenvalue weighted by Crippen LogP contribution is 2.43. The van der Waals surface area contributed by atoms with Crippen LogP contribution in [0.1, 0.15) is 34.0 Å². The predicted molar refractivity (Wildman–Crippen MR) is 116 cm³/mol. The Labute approximate surface area is 178 Å². The number of fused-ring (bicyclic) bond motifs is 1. The minimum Gasteiger partial charge on any atom is -0.496 e. The number of phosphoric acid groups is 1. The van der Waals surface area contributed by atoms with E-state index in [-0.39, 0.29) is 13.2 Å². The van der Waals surface area contributed by atoms with Crippen LogP contribution < -0.4 is 9.47 Å². The van der Waals surface area contributed by atoms with Gasteiger partial charge in [-0.15, -0.1) is 0 Å². The van der Waals surface area contributed by atoms with Gasteiger partial charge in [0, 0.05) is 19.2 Å². The first-order valence-corrected chi connectivity index (χ1v) is 15.0. The first kappa shape index (κ1) is 24.6. The Hall–Kier alpha value is -1.64. The Kier molecular flexibility index (Phi) is 7.93. The standard InChI is InChI=1S/C20H31O8PSi/c1-13(11-28-29(22,23)24)7-8-15-18(25-3)14(2)16-12-27-20(21)17(16)19(15)26-9-10-30(4,5)6/h7H,8-12H2,1-6H3,(H2,22,23,24). The number of carbonyl (C=O) groups is 1. The van der Waals surface area contributed by atoms with Crippen LogP contribution in [0, 0.1) is 6.92 Å². The molecule has 0 aromatic heterocycles. The molecule has 1 aliphatic heterocycles. The maximum atomic E-state index is 12.4. The first-order chi connectivity index (χ1) is 13.8. The number of carbonyl (C=O) groups excluding carboxylic acids is 1. The highest BCUT2D eigenvalue weighted by atomic mass is 31.2. The Morgan fingerprint density at radius 1 is 1.27 bits per heavy atom. The zero-order chi connectivity index (χ0) is 22.7. The van der Waals surface area contributed by atoms with Crippen LogP contribution >= 0.6 is 7.82 Å². The second kappa shape index (κ2) is 9.66. The fourth-order valence-electron chi connectivity index (χ4n) is 3.15. The molecule has 30 heavy (non-hydrogen) atoms. The molecular weight excluding hydrogens is 427 g/mol. The zero-order valence-electron chi connectivity index (χ0n) is 18.4. The molecule has 0 spiro atoms. The lowest BCUT2D eigenvalue weighted by atomic mass is 9.95. The number of esters is 1. The summed E-state index contributed by atoms with van der Waals surface area (Å²) in [7, 11) is -4.32. The molecule has 1 heterocycles. The third-order valence-corrected chi connectivity index (χ3v) is 7.01. The molecule has 0 saturated heterocycles. The number of benzene rings is 1. The van der Waals surface area contributed by atoms with Gasteiger partial charge in [0.25, 0.3) is 0 Å². The van der Waals surface area contributed by atoms with E-state index in [0.29, 0.717) is 41.2 Å². The van der Waals surface area contributed by atoms with Crippen molar-refractivity contribution in [3.8, 4) is 11.5 Å². The minimum absolute atomic E-state index is 0.187. The fraction of sp³-hybridized carbons (Fsp3) is 0.550. The van der Waals surface area contributed by atoms with Crippen molar-refractivity contribution in [2.45, 2.75) is 52.6 Å². The summed E-state index contributed by atoms with van der Waals surface area (Å²) in [4.78, 5) is 30.2. The number of rotatable bonds is 10. The van der Waals surface area contributed by atoms with Gasteiger partial charge in [0.05, 0.1) is 20.3 Å². The van der Waals surface area contributed by atoms with Crippen molar-refractivity contribution in [1.29, 1.82) is 0 Å². The maximum absolute atomic E-state index is 12.4. The van der Waals surface area contributed by atoms with E-state index in [1.54, 1.807) is 20.1 Å². The highest BCUT2D eigenvalue weighted by Gasteiger charge is 2.33. The van der Waals surface area contributed by atoms with Crippen LogP contribution in [0.25, 0.3) is 0 Å². The van der Waals surface area contributed by atoms with E-state index < -0.39 is 21.9 Å². The highest BCUT2D eigenvalue weighted by molar-refractivity contribution is 7.46. The van der Waals surface area contributed by atoms with Crippen LogP contribution in [-0.4, -0.2) is 44.2 Å². The topological polar surface area (TPSA) is 112 Å². The molecule has 2 N–H and O–H groups in total. The van der Waals surface area contributed by atoms with Crippen LogP contribution in [0.2, 0.25) is 25.7 Å². The van der Waals surface area contributed by atoms with Crippen LogP contribution in [0.15, 0.2) is 11.6 Å². The fourth-order valence-corrected chi connectivity index (χ4v) is 4.24. The van der Waals surface area contributed by atoms with Crippen molar-refractivity contribution >= 4 is 21.9 Å². The Bertz CT molecular complexity index is 882. The lowest BCUT2D eigenvalue weighted by molar-refractivity contribution is 0.0532. The molecule has 0 fully saturated rings. The van der Waals surface area contributed by atoms with Gasteiger partial charge in [0.2, 0.25) is 0 Å². The molecule has 8 nitrogen and oxygen atoms in total. The number of cyclic esters (lactones) is 1. The summed E-state index contributed by atoms with van der Waals surface area (Å²) in [5.74, 6) is 0.675. The molecule has 10 heteroatoms. The smallest absolute Gasteiger partial charge is 0.469 e. The van der Waals surface area contributed by atoms with Crippen LogP contribution in [0.3, 0.4) is 0 Å². The largest absolute Gasteiger partial charge is 0.496 e. The van der Waals surface area contributed by atoms with Gasteiger partial charge in [-0.1, -0.05) is 31.3 Å². The third kappa shape index (κ3) is 6.43. The van der Waals surface area contributed by atoms with Gasteiger partial charge in [-0.05, 0) is 31.9 Å². The molecular formula is C20H31O8PSi. The van der Waals surface area contributed by atoms with Crippen LogP contribution in [0.5, 0.6) is 11.5 Å². The Morgan fingerprint density at radius 2 is 1.93 bits per heavy atom. The molecule has 1 aromatic rings. The number of allylic oxidation sites excluding steroid dienone is 1. The van der Waals surface area contributed by atoms with Gasteiger partial charge in [0.15, 0.2) is 0 Å². The van der Waals surface area contributed by atoms with Crippen LogP contribution in [-0.2, 0) is 26.9 Å².